The summed E-state index contributed by atoms with van der Waals surface area (Å²) in [6.07, 6.45) is 0. The number of aromatic nitrogens is 1. The number of hydrogen-bond acceptors (Lipinski definition) is 4. The Hall–Kier alpha value is -2.18. The van der Waals surface area contributed by atoms with Crippen LogP contribution in [0, 0.1) is 20.8 Å². The average molecular weight is 430 g/mol. The first-order valence-corrected chi connectivity index (χ1v) is 9.87. The molecule has 0 fully saturated rings. The van der Waals surface area contributed by atoms with E-state index in [0.717, 1.165) is 32.1 Å². The number of carbonyl (C=O) groups excluding carboxylic acids is 1. The van der Waals surface area contributed by atoms with Crippen LogP contribution in [-0.4, -0.2) is 10.9 Å². The Morgan fingerprint density at radius 1 is 1.12 bits per heavy atom. The predicted octanol–water partition coefficient (Wildman–Crippen LogP) is 5.50. The molecule has 4 nitrogen and oxygen atoms in total. The maximum absolute atomic E-state index is 12.5. The lowest BCUT2D eigenvalue weighted by Crippen LogP contribution is -2.22. The van der Waals surface area contributed by atoms with E-state index in [1.54, 1.807) is 0 Å². The summed E-state index contributed by atoms with van der Waals surface area (Å²) >= 11 is 4.78. The van der Waals surface area contributed by atoms with Crippen LogP contribution in [0.2, 0.25) is 0 Å². The van der Waals surface area contributed by atoms with Crippen molar-refractivity contribution in [2.24, 2.45) is 0 Å². The standard InChI is InChI=1S/C20H20BrN3OS/c1-12-4-9-17(13(2)10-12)24-20-23-14(3)18(26-20)19(25)22-11-15-5-7-16(21)8-6-15/h4-10H,11H2,1-3H3,(H,22,25)(H,23,24). The van der Waals surface area contributed by atoms with Crippen LogP contribution in [-0.2, 0) is 6.54 Å². The SMILES string of the molecule is Cc1ccc(Nc2nc(C)c(C(=O)NCc3ccc(Br)cc3)s2)c(C)c1. The largest absolute Gasteiger partial charge is 0.347 e. The molecule has 1 aromatic heterocycles. The Labute approximate surface area is 165 Å². The number of thiazole rings is 1. The summed E-state index contributed by atoms with van der Waals surface area (Å²) in [7, 11) is 0. The van der Waals surface area contributed by atoms with Gasteiger partial charge in [0, 0.05) is 16.7 Å². The minimum atomic E-state index is -0.100. The molecule has 2 N–H and O–H groups in total. The van der Waals surface area contributed by atoms with Crippen LogP contribution in [0.4, 0.5) is 10.8 Å². The molecule has 1 heterocycles. The van der Waals surface area contributed by atoms with Crippen molar-refractivity contribution in [1.29, 1.82) is 0 Å². The molecule has 0 aliphatic carbocycles. The van der Waals surface area contributed by atoms with Gasteiger partial charge in [-0.1, -0.05) is 57.1 Å². The van der Waals surface area contributed by atoms with E-state index in [-0.39, 0.29) is 5.91 Å². The smallest absolute Gasteiger partial charge is 0.263 e. The van der Waals surface area contributed by atoms with Gasteiger partial charge in [0.15, 0.2) is 5.13 Å². The number of anilines is 2. The number of benzene rings is 2. The van der Waals surface area contributed by atoms with Crippen LogP contribution in [0.15, 0.2) is 46.9 Å². The molecule has 0 atom stereocenters. The van der Waals surface area contributed by atoms with Gasteiger partial charge in [0.1, 0.15) is 4.88 Å². The molecule has 0 aliphatic heterocycles. The Balaban J connectivity index is 1.68. The highest BCUT2D eigenvalue weighted by Gasteiger charge is 2.15. The van der Waals surface area contributed by atoms with Crippen LogP contribution in [0.1, 0.15) is 32.1 Å². The number of rotatable bonds is 5. The van der Waals surface area contributed by atoms with Gasteiger partial charge in [0.25, 0.3) is 5.91 Å². The summed E-state index contributed by atoms with van der Waals surface area (Å²) in [6, 6.07) is 14.1. The van der Waals surface area contributed by atoms with Gasteiger partial charge in [0.2, 0.25) is 0 Å². The van der Waals surface area contributed by atoms with Crippen molar-refractivity contribution in [2.45, 2.75) is 27.3 Å². The summed E-state index contributed by atoms with van der Waals surface area (Å²) in [5.74, 6) is -0.100. The fourth-order valence-corrected chi connectivity index (χ4v) is 3.75. The van der Waals surface area contributed by atoms with E-state index in [1.165, 1.54) is 16.9 Å². The molecule has 6 heteroatoms. The van der Waals surface area contributed by atoms with Crippen LogP contribution in [0.3, 0.4) is 0 Å². The van der Waals surface area contributed by atoms with Crippen LogP contribution < -0.4 is 10.6 Å². The summed E-state index contributed by atoms with van der Waals surface area (Å²) in [6.45, 7) is 6.47. The molecule has 0 aliphatic rings. The van der Waals surface area contributed by atoms with Gasteiger partial charge in [-0.15, -0.1) is 0 Å². The van der Waals surface area contributed by atoms with E-state index in [1.807, 2.05) is 37.3 Å². The lowest BCUT2D eigenvalue weighted by Gasteiger charge is -2.07. The summed E-state index contributed by atoms with van der Waals surface area (Å²) in [5, 5.41) is 7.00. The Morgan fingerprint density at radius 3 is 2.54 bits per heavy atom. The fourth-order valence-electron chi connectivity index (χ4n) is 2.59. The lowest BCUT2D eigenvalue weighted by atomic mass is 10.1. The van der Waals surface area contributed by atoms with Crippen molar-refractivity contribution in [2.75, 3.05) is 5.32 Å². The highest BCUT2D eigenvalue weighted by Crippen LogP contribution is 2.27. The van der Waals surface area contributed by atoms with Gasteiger partial charge in [-0.05, 0) is 50.1 Å². The summed E-state index contributed by atoms with van der Waals surface area (Å²) in [5.41, 5.74) is 5.16. The molecule has 134 valence electrons. The molecular formula is C20H20BrN3OS. The predicted molar refractivity (Wildman–Crippen MR) is 111 cm³/mol. The van der Waals surface area contributed by atoms with Crippen molar-refractivity contribution in [3.63, 3.8) is 0 Å². The van der Waals surface area contributed by atoms with Crippen molar-refractivity contribution in [1.82, 2.24) is 10.3 Å². The molecule has 26 heavy (non-hydrogen) atoms. The first-order chi connectivity index (χ1) is 12.4. The van der Waals surface area contributed by atoms with E-state index >= 15 is 0 Å². The Morgan fingerprint density at radius 2 is 1.85 bits per heavy atom. The zero-order valence-electron chi connectivity index (χ0n) is 14.9. The second-order valence-electron chi connectivity index (χ2n) is 6.19. The molecule has 0 saturated carbocycles. The molecule has 2 aromatic carbocycles. The van der Waals surface area contributed by atoms with E-state index in [0.29, 0.717) is 11.4 Å². The first kappa shape index (κ1) is 18.6. The number of carbonyl (C=O) groups is 1. The first-order valence-electron chi connectivity index (χ1n) is 8.27. The second kappa shape index (κ2) is 8.01. The molecular weight excluding hydrogens is 410 g/mol. The van der Waals surface area contributed by atoms with Gasteiger partial charge < -0.3 is 10.6 Å². The summed E-state index contributed by atoms with van der Waals surface area (Å²) < 4.78 is 1.02. The zero-order valence-corrected chi connectivity index (χ0v) is 17.3. The number of nitrogens with zero attached hydrogens (tertiary/aromatic N) is 1. The van der Waals surface area contributed by atoms with Crippen molar-refractivity contribution >= 4 is 44.0 Å². The third-order valence-corrected chi connectivity index (χ3v) is 5.59. The number of nitrogens with one attached hydrogen (secondary N) is 2. The Kier molecular flexibility index (Phi) is 5.74. The monoisotopic (exact) mass is 429 g/mol. The molecule has 0 radical (unpaired) electrons. The second-order valence-corrected chi connectivity index (χ2v) is 8.10. The van der Waals surface area contributed by atoms with Crippen molar-refractivity contribution in [3.05, 3.63) is 74.2 Å². The highest BCUT2D eigenvalue weighted by molar-refractivity contribution is 9.10. The maximum atomic E-state index is 12.5. The quantitative estimate of drug-likeness (QED) is 0.562. The molecule has 0 unspecified atom stereocenters. The number of aryl methyl sites for hydroxylation is 3. The molecule has 3 aromatic rings. The highest BCUT2D eigenvalue weighted by atomic mass is 79.9. The fraction of sp³-hybridized carbons (Fsp3) is 0.200. The van der Waals surface area contributed by atoms with Gasteiger partial charge in [0.05, 0.1) is 5.69 Å². The van der Waals surface area contributed by atoms with Crippen LogP contribution in [0.5, 0.6) is 0 Å². The molecule has 0 bridgehead atoms. The van der Waals surface area contributed by atoms with Gasteiger partial charge >= 0.3 is 0 Å². The Bertz CT molecular complexity index is 935. The average Bonchev–Trinajstić information content (AvgIpc) is 2.97. The van der Waals surface area contributed by atoms with Crippen molar-refractivity contribution in [3.8, 4) is 0 Å². The van der Waals surface area contributed by atoms with Crippen LogP contribution >= 0.6 is 27.3 Å². The minimum Gasteiger partial charge on any atom is -0.347 e. The molecule has 1 amide bonds. The normalized spacial score (nSPS) is 10.6. The zero-order chi connectivity index (χ0) is 18.7. The maximum Gasteiger partial charge on any atom is 0.263 e. The van der Waals surface area contributed by atoms with E-state index < -0.39 is 0 Å². The number of hydrogen-bond donors (Lipinski definition) is 2. The third-order valence-electron chi connectivity index (χ3n) is 3.99. The van der Waals surface area contributed by atoms with Crippen LogP contribution in [0.25, 0.3) is 0 Å². The van der Waals surface area contributed by atoms with E-state index in [9.17, 15) is 4.79 Å². The van der Waals surface area contributed by atoms with Gasteiger partial charge in [-0.2, -0.15) is 0 Å². The van der Waals surface area contributed by atoms with E-state index in [4.69, 9.17) is 0 Å². The van der Waals surface area contributed by atoms with Gasteiger partial charge in [-0.3, -0.25) is 4.79 Å². The molecule has 0 spiro atoms. The molecule has 0 saturated heterocycles. The topological polar surface area (TPSA) is 54.0 Å². The number of halogens is 1. The number of amides is 1. The third kappa shape index (κ3) is 4.51. The minimum absolute atomic E-state index is 0.100. The summed E-state index contributed by atoms with van der Waals surface area (Å²) in [4.78, 5) is 17.6. The molecule has 3 rings (SSSR count). The lowest BCUT2D eigenvalue weighted by molar-refractivity contribution is 0.0954. The van der Waals surface area contributed by atoms with E-state index in [2.05, 4.69) is 57.5 Å². The van der Waals surface area contributed by atoms with Gasteiger partial charge in [-0.25, -0.2) is 4.98 Å². The van der Waals surface area contributed by atoms with Crippen molar-refractivity contribution < 1.29 is 4.79 Å².